The maximum atomic E-state index is 12.6. The molecule has 3 rings (SSSR count). The first-order valence-electron chi connectivity index (χ1n) is 9.35. The predicted molar refractivity (Wildman–Crippen MR) is 108 cm³/mol. The standard InChI is InChI=1S/C22H27N3O2/c1-16(26)25-12-11-18-14-19(9-10-21(18)25)22(27)23-15-20(24(2)3)13-17-7-5-4-6-8-17/h4-10,14,20H,11-13,15H2,1-3H3,(H,23,27). The number of hydrogen-bond acceptors (Lipinski definition) is 3. The van der Waals surface area contributed by atoms with Crippen molar-refractivity contribution in [2.24, 2.45) is 0 Å². The molecular formula is C22H27N3O2. The largest absolute Gasteiger partial charge is 0.350 e. The van der Waals surface area contributed by atoms with Gasteiger partial charge >= 0.3 is 0 Å². The highest BCUT2D eigenvalue weighted by Gasteiger charge is 2.23. The SMILES string of the molecule is CC(=O)N1CCc2cc(C(=O)NCC(Cc3ccccc3)N(C)C)ccc21. The average molecular weight is 365 g/mol. The van der Waals surface area contributed by atoms with Crippen molar-refractivity contribution in [3.05, 3.63) is 65.2 Å². The second kappa shape index (κ2) is 8.35. The van der Waals surface area contributed by atoms with E-state index in [0.717, 1.165) is 24.1 Å². The van der Waals surface area contributed by atoms with Crippen LogP contribution in [-0.4, -0.2) is 49.9 Å². The van der Waals surface area contributed by atoms with Gasteiger partial charge in [-0.25, -0.2) is 0 Å². The molecule has 0 aliphatic carbocycles. The maximum Gasteiger partial charge on any atom is 0.251 e. The molecular weight excluding hydrogens is 338 g/mol. The number of rotatable bonds is 6. The summed E-state index contributed by atoms with van der Waals surface area (Å²) in [6.45, 7) is 2.84. The molecule has 27 heavy (non-hydrogen) atoms. The molecule has 2 amide bonds. The van der Waals surface area contributed by atoms with E-state index in [1.54, 1.807) is 17.9 Å². The minimum Gasteiger partial charge on any atom is -0.350 e. The molecule has 142 valence electrons. The topological polar surface area (TPSA) is 52.7 Å². The minimum atomic E-state index is -0.0704. The monoisotopic (exact) mass is 365 g/mol. The van der Waals surface area contributed by atoms with Gasteiger partial charge in [-0.15, -0.1) is 0 Å². The number of carbonyl (C=O) groups is 2. The lowest BCUT2D eigenvalue weighted by Gasteiger charge is -2.25. The van der Waals surface area contributed by atoms with E-state index in [-0.39, 0.29) is 17.9 Å². The molecule has 0 aromatic heterocycles. The molecule has 5 nitrogen and oxygen atoms in total. The second-order valence-electron chi connectivity index (χ2n) is 7.28. The van der Waals surface area contributed by atoms with E-state index in [4.69, 9.17) is 0 Å². The average Bonchev–Trinajstić information content (AvgIpc) is 3.09. The summed E-state index contributed by atoms with van der Waals surface area (Å²) < 4.78 is 0. The Morgan fingerprint density at radius 1 is 1.15 bits per heavy atom. The van der Waals surface area contributed by atoms with Crippen LogP contribution in [0.2, 0.25) is 0 Å². The molecule has 0 spiro atoms. The van der Waals surface area contributed by atoms with Gasteiger partial charge in [-0.2, -0.15) is 0 Å². The molecule has 1 aliphatic rings. The summed E-state index contributed by atoms with van der Waals surface area (Å²) >= 11 is 0. The molecule has 1 heterocycles. The first-order valence-corrected chi connectivity index (χ1v) is 9.35. The molecule has 5 heteroatoms. The van der Waals surface area contributed by atoms with Gasteiger partial charge in [0.25, 0.3) is 5.91 Å². The molecule has 2 aromatic rings. The Bertz CT molecular complexity index is 818. The fourth-order valence-electron chi connectivity index (χ4n) is 3.51. The molecule has 0 bridgehead atoms. The number of amides is 2. The highest BCUT2D eigenvalue weighted by molar-refractivity contribution is 5.97. The van der Waals surface area contributed by atoms with E-state index >= 15 is 0 Å². The van der Waals surface area contributed by atoms with Crippen molar-refractivity contribution in [1.29, 1.82) is 0 Å². The number of carbonyl (C=O) groups excluding carboxylic acids is 2. The van der Waals surface area contributed by atoms with E-state index in [9.17, 15) is 9.59 Å². The van der Waals surface area contributed by atoms with Crippen molar-refractivity contribution in [1.82, 2.24) is 10.2 Å². The van der Waals surface area contributed by atoms with Crippen LogP contribution in [0, 0.1) is 0 Å². The number of anilines is 1. The third kappa shape index (κ3) is 4.55. The van der Waals surface area contributed by atoms with Gasteiger partial charge in [0.1, 0.15) is 0 Å². The zero-order chi connectivity index (χ0) is 19.4. The summed E-state index contributed by atoms with van der Waals surface area (Å²) in [5.41, 5.74) is 3.89. The Kier molecular flexibility index (Phi) is 5.91. The Labute approximate surface area is 161 Å². The lowest BCUT2D eigenvalue weighted by molar-refractivity contribution is -0.116. The third-order valence-corrected chi connectivity index (χ3v) is 5.16. The fraction of sp³-hybridized carbons (Fsp3) is 0.364. The van der Waals surface area contributed by atoms with E-state index in [0.29, 0.717) is 18.7 Å². The molecule has 0 saturated heterocycles. The summed E-state index contributed by atoms with van der Waals surface area (Å²) in [4.78, 5) is 28.2. The van der Waals surface area contributed by atoms with Crippen LogP contribution in [0.4, 0.5) is 5.69 Å². The number of hydrogen-bond donors (Lipinski definition) is 1. The predicted octanol–water partition coefficient (Wildman–Crippen LogP) is 2.50. The first-order chi connectivity index (χ1) is 13.0. The fourth-order valence-corrected chi connectivity index (χ4v) is 3.51. The van der Waals surface area contributed by atoms with E-state index in [1.165, 1.54) is 5.56 Å². The van der Waals surface area contributed by atoms with Crippen LogP contribution in [0.1, 0.15) is 28.4 Å². The van der Waals surface area contributed by atoms with Crippen molar-refractivity contribution in [3.63, 3.8) is 0 Å². The van der Waals surface area contributed by atoms with Crippen molar-refractivity contribution >= 4 is 17.5 Å². The van der Waals surface area contributed by atoms with Crippen LogP contribution in [0.3, 0.4) is 0 Å². The molecule has 1 unspecified atom stereocenters. The molecule has 1 atom stereocenters. The minimum absolute atomic E-state index is 0.0423. The van der Waals surface area contributed by atoms with Crippen molar-refractivity contribution in [2.45, 2.75) is 25.8 Å². The smallest absolute Gasteiger partial charge is 0.251 e. The molecule has 1 aliphatic heterocycles. The van der Waals surface area contributed by atoms with Gasteiger partial charge in [-0.3, -0.25) is 9.59 Å². The second-order valence-corrected chi connectivity index (χ2v) is 7.28. The van der Waals surface area contributed by atoms with Gasteiger partial charge in [0.2, 0.25) is 5.91 Å². The number of fused-ring (bicyclic) bond motifs is 1. The number of likely N-dealkylation sites (N-methyl/N-ethyl adjacent to an activating group) is 1. The summed E-state index contributed by atoms with van der Waals surface area (Å²) in [7, 11) is 4.07. The van der Waals surface area contributed by atoms with Gasteiger partial charge in [-0.05, 0) is 56.3 Å². The molecule has 0 saturated carbocycles. The van der Waals surface area contributed by atoms with Crippen LogP contribution in [0.15, 0.2) is 48.5 Å². The quantitative estimate of drug-likeness (QED) is 0.856. The van der Waals surface area contributed by atoms with Crippen LogP contribution in [-0.2, 0) is 17.6 Å². The Hall–Kier alpha value is -2.66. The van der Waals surface area contributed by atoms with E-state index in [1.807, 2.05) is 44.4 Å². The molecule has 2 aromatic carbocycles. The zero-order valence-electron chi connectivity index (χ0n) is 16.2. The molecule has 1 N–H and O–H groups in total. The van der Waals surface area contributed by atoms with Crippen LogP contribution >= 0.6 is 0 Å². The number of benzene rings is 2. The van der Waals surface area contributed by atoms with Crippen molar-refractivity contribution in [2.75, 3.05) is 32.1 Å². The highest BCUT2D eigenvalue weighted by Crippen LogP contribution is 2.28. The lowest BCUT2D eigenvalue weighted by atomic mass is 10.0. The van der Waals surface area contributed by atoms with Crippen molar-refractivity contribution in [3.8, 4) is 0 Å². The van der Waals surface area contributed by atoms with Gasteiger partial charge < -0.3 is 15.1 Å². The molecule has 0 fully saturated rings. The van der Waals surface area contributed by atoms with E-state index in [2.05, 4.69) is 22.3 Å². The van der Waals surface area contributed by atoms with Crippen LogP contribution in [0.5, 0.6) is 0 Å². The van der Waals surface area contributed by atoms with Crippen molar-refractivity contribution < 1.29 is 9.59 Å². The Balaban J connectivity index is 1.64. The number of nitrogens with one attached hydrogen (secondary N) is 1. The van der Waals surface area contributed by atoms with Gasteiger partial charge in [0, 0.05) is 37.3 Å². The van der Waals surface area contributed by atoms with Crippen LogP contribution < -0.4 is 10.2 Å². The van der Waals surface area contributed by atoms with Gasteiger partial charge in [0.05, 0.1) is 0 Å². The summed E-state index contributed by atoms with van der Waals surface area (Å²) in [6.07, 6.45) is 1.68. The summed E-state index contributed by atoms with van der Waals surface area (Å²) in [5.74, 6) is -0.0281. The summed E-state index contributed by atoms with van der Waals surface area (Å²) in [5, 5.41) is 3.06. The van der Waals surface area contributed by atoms with E-state index < -0.39 is 0 Å². The molecule has 0 radical (unpaired) electrons. The number of nitrogens with zero attached hydrogens (tertiary/aromatic N) is 2. The maximum absolute atomic E-state index is 12.6. The highest BCUT2D eigenvalue weighted by atomic mass is 16.2. The van der Waals surface area contributed by atoms with Gasteiger partial charge in [0.15, 0.2) is 0 Å². The zero-order valence-corrected chi connectivity index (χ0v) is 16.2. The third-order valence-electron chi connectivity index (χ3n) is 5.16. The lowest BCUT2D eigenvalue weighted by Crippen LogP contribution is -2.41. The van der Waals surface area contributed by atoms with Crippen LogP contribution in [0.25, 0.3) is 0 Å². The Morgan fingerprint density at radius 2 is 1.89 bits per heavy atom. The van der Waals surface area contributed by atoms with Gasteiger partial charge in [-0.1, -0.05) is 30.3 Å². The normalized spacial score (nSPS) is 14.1. The summed E-state index contributed by atoms with van der Waals surface area (Å²) in [6, 6.07) is 16.1. The Morgan fingerprint density at radius 3 is 2.56 bits per heavy atom. The first kappa shape index (κ1) is 19.1.